The number of nitrogens with zero attached hydrogens (tertiary/aromatic N) is 2. The fraction of sp³-hybridized carbons (Fsp3) is 0.533. The van der Waals surface area contributed by atoms with E-state index in [0.29, 0.717) is 12.5 Å². The molecule has 0 aliphatic carbocycles. The topological polar surface area (TPSA) is 41.6 Å². The molecule has 0 atom stereocenters. The molecule has 3 nitrogen and oxygen atoms in total. The lowest BCUT2D eigenvalue weighted by molar-refractivity contribution is 0.449. The summed E-state index contributed by atoms with van der Waals surface area (Å²) in [5.74, 6) is 2.63. The van der Waals surface area contributed by atoms with E-state index in [0.717, 1.165) is 30.2 Å². The van der Waals surface area contributed by atoms with Crippen LogP contribution < -0.4 is 5.73 Å². The Kier molecular flexibility index (Phi) is 7.26. The van der Waals surface area contributed by atoms with E-state index in [2.05, 4.69) is 23.7 Å². The van der Waals surface area contributed by atoms with E-state index in [4.69, 9.17) is 5.73 Å². The van der Waals surface area contributed by atoms with Gasteiger partial charge in [-0.15, -0.1) is 24.0 Å². The number of aliphatic imine (C=N–C) groups is 1. The molecule has 1 aliphatic heterocycles. The molecule has 21 heavy (non-hydrogen) atoms. The molecule has 0 spiro atoms. The van der Waals surface area contributed by atoms with Crippen molar-refractivity contribution in [2.24, 2.45) is 10.7 Å². The molecule has 0 radical (unpaired) electrons. The van der Waals surface area contributed by atoms with Crippen LogP contribution >= 0.6 is 35.7 Å². The zero-order chi connectivity index (χ0) is 14.6. The molecule has 1 aromatic rings. The van der Waals surface area contributed by atoms with Crippen molar-refractivity contribution < 1.29 is 4.39 Å². The number of nitrogens with two attached hydrogens (primary N) is 1. The van der Waals surface area contributed by atoms with Crippen LogP contribution in [0.5, 0.6) is 0 Å². The second-order valence-corrected chi connectivity index (χ2v) is 6.89. The van der Waals surface area contributed by atoms with Gasteiger partial charge in [-0.05, 0) is 17.7 Å². The Morgan fingerprint density at radius 3 is 2.43 bits per heavy atom. The van der Waals surface area contributed by atoms with Gasteiger partial charge in [0.2, 0.25) is 0 Å². The molecular formula is C15H23FIN3S. The molecule has 1 aliphatic rings. The minimum absolute atomic E-state index is 0. The number of thioether (sulfide) groups is 1. The molecule has 1 heterocycles. The van der Waals surface area contributed by atoms with Crippen molar-refractivity contribution in [1.82, 2.24) is 4.90 Å². The Bertz CT molecular complexity index is 470. The van der Waals surface area contributed by atoms with E-state index < -0.39 is 0 Å². The highest BCUT2D eigenvalue weighted by Crippen LogP contribution is 2.23. The third kappa shape index (κ3) is 5.32. The number of hydrogen-bond donors (Lipinski definition) is 1. The first kappa shape index (κ1) is 18.5. The number of benzene rings is 1. The number of hydrogen-bond acceptors (Lipinski definition) is 2. The van der Waals surface area contributed by atoms with Gasteiger partial charge in [0.1, 0.15) is 5.82 Å². The summed E-state index contributed by atoms with van der Waals surface area (Å²) in [6.45, 7) is 6.74. The van der Waals surface area contributed by atoms with E-state index >= 15 is 0 Å². The van der Waals surface area contributed by atoms with Crippen LogP contribution in [0.4, 0.5) is 4.39 Å². The molecule has 1 aromatic carbocycles. The molecule has 2 rings (SSSR count). The predicted octanol–water partition coefficient (Wildman–Crippen LogP) is 3.08. The second kappa shape index (κ2) is 8.22. The minimum atomic E-state index is -0.210. The van der Waals surface area contributed by atoms with Crippen LogP contribution in [0.2, 0.25) is 0 Å². The summed E-state index contributed by atoms with van der Waals surface area (Å²) in [4.78, 5) is 6.67. The van der Waals surface area contributed by atoms with Crippen LogP contribution in [0.25, 0.3) is 0 Å². The fourth-order valence-electron chi connectivity index (χ4n) is 2.16. The molecule has 0 unspecified atom stereocenters. The highest BCUT2D eigenvalue weighted by molar-refractivity contribution is 14.0. The molecular weight excluding hydrogens is 400 g/mol. The van der Waals surface area contributed by atoms with E-state index in [1.54, 1.807) is 0 Å². The Morgan fingerprint density at radius 1 is 1.29 bits per heavy atom. The maximum absolute atomic E-state index is 13.0. The van der Waals surface area contributed by atoms with Crippen molar-refractivity contribution >= 4 is 41.7 Å². The maximum Gasteiger partial charge on any atom is 0.191 e. The van der Waals surface area contributed by atoms with Gasteiger partial charge in [0, 0.05) is 30.0 Å². The van der Waals surface area contributed by atoms with Crippen LogP contribution in [-0.4, -0.2) is 42.0 Å². The van der Waals surface area contributed by atoms with Gasteiger partial charge >= 0.3 is 0 Å². The molecule has 1 fully saturated rings. The first-order chi connectivity index (χ1) is 9.49. The van der Waals surface area contributed by atoms with Crippen molar-refractivity contribution in [3.05, 3.63) is 35.6 Å². The summed E-state index contributed by atoms with van der Waals surface area (Å²) >= 11 is 1.95. The molecule has 0 aromatic heterocycles. The average Bonchev–Trinajstić information content (AvgIpc) is 2.46. The Morgan fingerprint density at radius 2 is 1.86 bits per heavy atom. The first-order valence-electron chi connectivity index (χ1n) is 6.88. The van der Waals surface area contributed by atoms with E-state index in [-0.39, 0.29) is 35.2 Å². The third-order valence-corrected chi connectivity index (χ3v) is 4.54. The molecule has 0 amide bonds. The zero-order valence-electron chi connectivity index (χ0n) is 12.5. The summed E-state index contributed by atoms with van der Waals surface area (Å²) in [6.07, 6.45) is 0. The van der Waals surface area contributed by atoms with Crippen molar-refractivity contribution in [3.8, 4) is 0 Å². The molecule has 1 saturated heterocycles. The normalized spacial score (nSPS) is 16.5. The van der Waals surface area contributed by atoms with E-state index in [9.17, 15) is 4.39 Å². The lowest BCUT2D eigenvalue weighted by Crippen LogP contribution is -2.43. The van der Waals surface area contributed by atoms with Gasteiger partial charge in [-0.2, -0.15) is 11.8 Å². The Balaban J connectivity index is 0.00000220. The lowest BCUT2D eigenvalue weighted by atomic mass is 9.85. The Hall–Kier alpha value is -0.500. The average molecular weight is 423 g/mol. The van der Waals surface area contributed by atoms with Gasteiger partial charge in [-0.3, -0.25) is 4.99 Å². The van der Waals surface area contributed by atoms with Crippen molar-refractivity contribution in [2.45, 2.75) is 19.3 Å². The van der Waals surface area contributed by atoms with Gasteiger partial charge < -0.3 is 10.6 Å². The molecule has 2 N–H and O–H groups in total. The van der Waals surface area contributed by atoms with Gasteiger partial charge in [-0.25, -0.2) is 4.39 Å². The molecule has 118 valence electrons. The van der Waals surface area contributed by atoms with Gasteiger partial charge in [0.15, 0.2) is 5.96 Å². The summed E-state index contributed by atoms with van der Waals surface area (Å²) in [7, 11) is 0. The standard InChI is InChI=1S/C15H22FN3S.HI/c1-15(2,12-3-5-13(16)6-4-12)11-18-14(17)19-7-9-20-10-8-19;/h3-6H,7-11H2,1-2H3,(H2,17,18);1H. The molecule has 6 heteroatoms. The monoisotopic (exact) mass is 423 g/mol. The molecule has 0 saturated carbocycles. The number of guanidine groups is 1. The molecule has 0 bridgehead atoms. The van der Waals surface area contributed by atoms with Crippen molar-refractivity contribution in [3.63, 3.8) is 0 Å². The van der Waals surface area contributed by atoms with Crippen molar-refractivity contribution in [1.29, 1.82) is 0 Å². The number of halogens is 2. The van der Waals surface area contributed by atoms with Crippen LogP contribution in [-0.2, 0) is 5.41 Å². The predicted molar refractivity (Wildman–Crippen MR) is 100 cm³/mol. The first-order valence-corrected chi connectivity index (χ1v) is 8.03. The number of rotatable bonds is 3. The lowest BCUT2D eigenvalue weighted by Gasteiger charge is -2.29. The minimum Gasteiger partial charge on any atom is -0.370 e. The summed E-state index contributed by atoms with van der Waals surface area (Å²) in [5.41, 5.74) is 6.99. The van der Waals surface area contributed by atoms with Crippen LogP contribution in [0.3, 0.4) is 0 Å². The summed E-state index contributed by atoms with van der Waals surface area (Å²) in [6, 6.07) is 6.62. The van der Waals surface area contributed by atoms with Crippen LogP contribution in [0, 0.1) is 5.82 Å². The van der Waals surface area contributed by atoms with Crippen molar-refractivity contribution in [2.75, 3.05) is 31.1 Å². The summed E-state index contributed by atoms with van der Waals surface area (Å²) < 4.78 is 13.0. The van der Waals surface area contributed by atoms with Gasteiger partial charge in [-0.1, -0.05) is 26.0 Å². The largest absolute Gasteiger partial charge is 0.370 e. The Labute approximate surface area is 147 Å². The van der Waals surface area contributed by atoms with Gasteiger partial charge in [0.05, 0.1) is 6.54 Å². The zero-order valence-corrected chi connectivity index (χ0v) is 15.7. The summed E-state index contributed by atoms with van der Waals surface area (Å²) in [5, 5.41) is 0. The quantitative estimate of drug-likeness (QED) is 0.462. The van der Waals surface area contributed by atoms with Crippen LogP contribution in [0.1, 0.15) is 19.4 Å². The van der Waals surface area contributed by atoms with E-state index in [1.165, 1.54) is 12.1 Å². The SMILES string of the molecule is CC(C)(CN=C(N)N1CCSCC1)c1ccc(F)cc1.I. The second-order valence-electron chi connectivity index (χ2n) is 5.66. The third-order valence-electron chi connectivity index (χ3n) is 3.60. The van der Waals surface area contributed by atoms with Gasteiger partial charge in [0.25, 0.3) is 0 Å². The van der Waals surface area contributed by atoms with E-state index in [1.807, 2.05) is 23.9 Å². The highest BCUT2D eigenvalue weighted by atomic mass is 127. The highest BCUT2D eigenvalue weighted by Gasteiger charge is 2.21. The maximum atomic E-state index is 13.0. The smallest absolute Gasteiger partial charge is 0.191 e. The fourth-order valence-corrected chi connectivity index (χ4v) is 3.07. The van der Waals surface area contributed by atoms with Crippen LogP contribution in [0.15, 0.2) is 29.3 Å².